The average Bonchev–Trinajstić information content (AvgIpc) is 3.27. The van der Waals surface area contributed by atoms with Crippen LogP contribution in [0.15, 0.2) is 66.7 Å². The van der Waals surface area contributed by atoms with E-state index in [4.69, 9.17) is 9.47 Å². The van der Waals surface area contributed by atoms with Gasteiger partial charge in [0.05, 0.1) is 11.2 Å². The Morgan fingerprint density at radius 1 is 1.05 bits per heavy atom. The summed E-state index contributed by atoms with van der Waals surface area (Å²) in [4.78, 5) is 28.5. The van der Waals surface area contributed by atoms with Gasteiger partial charge in [-0.1, -0.05) is 12.1 Å². The Hall–Kier alpha value is -4.44. The Bertz CT molecular complexity index is 1560. The molecule has 5 rings (SSSR count). The maximum atomic E-state index is 14.2. The van der Waals surface area contributed by atoms with Crippen molar-refractivity contribution in [3.05, 3.63) is 78.1 Å². The third-order valence-electron chi connectivity index (χ3n) is 6.63. The van der Waals surface area contributed by atoms with Crippen LogP contribution in [0.1, 0.15) is 44.0 Å². The minimum absolute atomic E-state index is 0.120. The maximum Gasteiger partial charge on any atom is 0.435 e. The van der Waals surface area contributed by atoms with Gasteiger partial charge in [-0.25, -0.2) is 9.18 Å². The number of likely N-dealkylation sites (tertiary alicyclic amines) is 1. The summed E-state index contributed by atoms with van der Waals surface area (Å²) in [6.07, 6.45) is 1.50. The van der Waals surface area contributed by atoms with Gasteiger partial charge in [-0.05, 0) is 102 Å². The summed E-state index contributed by atoms with van der Waals surface area (Å²) >= 11 is 0. The summed E-state index contributed by atoms with van der Waals surface area (Å²) in [5.41, 5.74) is 0.850. The van der Waals surface area contributed by atoms with Gasteiger partial charge in [0.1, 0.15) is 23.3 Å². The molecule has 9 nitrogen and oxygen atoms in total. The van der Waals surface area contributed by atoms with E-state index in [1.54, 1.807) is 81.4 Å². The fraction of sp³-hybridized carbons (Fsp3) is 0.323. The van der Waals surface area contributed by atoms with Crippen LogP contribution in [0.4, 0.5) is 26.4 Å². The van der Waals surface area contributed by atoms with E-state index in [1.807, 2.05) is 0 Å². The third-order valence-corrected chi connectivity index (χ3v) is 6.63. The van der Waals surface area contributed by atoms with Crippen LogP contribution in [0.3, 0.4) is 0 Å². The molecule has 0 spiro atoms. The smallest absolute Gasteiger partial charge is 0.435 e. The van der Waals surface area contributed by atoms with Crippen molar-refractivity contribution in [1.29, 1.82) is 0 Å². The summed E-state index contributed by atoms with van der Waals surface area (Å²) in [6, 6.07) is 18.3. The molecule has 1 atom stereocenters. The number of fused-ring (bicyclic) bond motifs is 1. The minimum Gasteiger partial charge on any atom is -0.489 e. The number of nitrogens with zero attached hydrogens (tertiary/aromatic N) is 3. The second kappa shape index (κ2) is 11.6. The summed E-state index contributed by atoms with van der Waals surface area (Å²) in [6.45, 7) is 7.20. The summed E-state index contributed by atoms with van der Waals surface area (Å²) < 4.78 is 27.0. The molecule has 1 aliphatic rings. The van der Waals surface area contributed by atoms with Crippen molar-refractivity contribution in [2.75, 3.05) is 30.8 Å². The lowest BCUT2D eigenvalue weighted by atomic mass is 10.1. The van der Waals surface area contributed by atoms with Crippen molar-refractivity contribution in [1.82, 2.24) is 14.7 Å². The minimum atomic E-state index is -0.765. The Balaban J connectivity index is 1.39. The fourth-order valence-corrected chi connectivity index (χ4v) is 4.72. The lowest BCUT2D eigenvalue weighted by molar-refractivity contribution is 0.0522. The highest BCUT2D eigenvalue weighted by atomic mass is 19.1. The van der Waals surface area contributed by atoms with Crippen molar-refractivity contribution in [3.8, 4) is 5.75 Å². The number of aromatic nitrogens is 2. The van der Waals surface area contributed by atoms with Gasteiger partial charge >= 0.3 is 6.09 Å². The fourth-order valence-electron chi connectivity index (χ4n) is 4.72. The number of carbonyl (C=O) groups is 2. The molecule has 4 aromatic rings. The van der Waals surface area contributed by atoms with Gasteiger partial charge in [0.2, 0.25) is 0 Å². The number of likely N-dealkylation sites (N-methyl/N-ethyl adjacent to an activating group) is 1. The normalized spacial score (nSPS) is 15.9. The molecule has 0 bridgehead atoms. The quantitative estimate of drug-likeness (QED) is 0.281. The molecule has 10 heteroatoms. The number of piperidine rings is 1. The molecule has 0 aliphatic carbocycles. The highest BCUT2D eigenvalue weighted by Crippen LogP contribution is 2.29. The molecule has 2 N–H and O–H groups in total. The Morgan fingerprint density at radius 3 is 2.51 bits per heavy atom. The molecule has 1 fully saturated rings. The van der Waals surface area contributed by atoms with Crippen LogP contribution >= 0.6 is 0 Å². The number of anilines is 3. The lowest BCUT2D eigenvalue weighted by Crippen LogP contribution is -2.38. The first-order chi connectivity index (χ1) is 19.6. The molecule has 1 aliphatic heterocycles. The second-order valence-corrected chi connectivity index (χ2v) is 11.2. The van der Waals surface area contributed by atoms with E-state index in [0.29, 0.717) is 27.9 Å². The molecule has 3 aromatic carbocycles. The Labute approximate surface area is 238 Å². The van der Waals surface area contributed by atoms with Gasteiger partial charge in [-0.15, -0.1) is 5.10 Å². The van der Waals surface area contributed by atoms with Crippen LogP contribution in [0, 0.1) is 5.82 Å². The molecule has 0 radical (unpaired) electrons. The monoisotopic (exact) mass is 559 g/mol. The van der Waals surface area contributed by atoms with Crippen LogP contribution < -0.4 is 15.4 Å². The van der Waals surface area contributed by atoms with Crippen molar-refractivity contribution in [2.45, 2.75) is 45.3 Å². The van der Waals surface area contributed by atoms with Gasteiger partial charge in [0, 0.05) is 23.2 Å². The number of carbonyl (C=O) groups excluding carboxylic acids is 2. The highest BCUT2D eigenvalue weighted by molar-refractivity contribution is 6.09. The first-order valence-corrected chi connectivity index (χ1v) is 13.6. The molecule has 1 saturated heterocycles. The van der Waals surface area contributed by atoms with E-state index in [9.17, 15) is 14.0 Å². The molecule has 2 heterocycles. The van der Waals surface area contributed by atoms with Crippen molar-refractivity contribution in [3.63, 3.8) is 0 Å². The summed E-state index contributed by atoms with van der Waals surface area (Å²) in [7, 11) is 2.08. The largest absolute Gasteiger partial charge is 0.489 e. The SMILES string of the molecule is CN1CCCC(Oc2ccc(C(=O)Nc3nn(C(=O)OC(C)(C)C)c4cc(Nc5ccccc5F)ccc34)cc2)C1. The average molecular weight is 560 g/mol. The van der Waals surface area contributed by atoms with E-state index >= 15 is 0 Å². The maximum absolute atomic E-state index is 14.2. The first kappa shape index (κ1) is 28.1. The van der Waals surface area contributed by atoms with E-state index in [-0.39, 0.29) is 17.6 Å². The molecule has 214 valence electrons. The molecule has 1 amide bonds. The van der Waals surface area contributed by atoms with E-state index in [2.05, 4.69) is 27.7 Å². The van der Waals surface area contributed by atoms with Crippen molar-refractivity contribution < 1.29 is 23.5 Å². The zero-order valence-electron chi connectivity index (χ0n) is 23.6. The number of nitrogens with one attached hydrogen (secondary N) is 2. The number of rotatable bonds is 6. The number of benzene rings is 3. The van der Waals surface area contributed by atoms with Gasteiger partial charge in [-0.3, -0.25) is 4.79 Å². The Morgan fingerprint density at radius 2 is 1.80 bits per heavy atom. The van der Waals surface area contributed by atoms with Crippen LogP contribution in [0.25, 0.3) is 10.9 Å². The van der Waals surface area contributed by atoms with Gasteiger partial charge in [-0.2, -0.15) is 4.68 Å². The van der Waals surface area contributed by atoms with Crippen LogP contribution in [-0.4, -0.2) is 58.5 Å². The molecular formula is C31H34FN5O4. The molecule has 41 heavy (non-hydrogen) atoms. The zero-order chi connectivity index (χ0) is 29.1. The predicted octanol–water partition coefficient (Wildman–Crippen LogP) is 6.43. The number of hydrogen-bond acceptors (Lipinski definition) is 7. The number of hydrogen-bond donors (Lipinski definition) is 2. The molecular weight excluding hydrogens is 525 g/mol. The van der Waals surface area contributed by atoms with E-state index < -0.39 is 23.4 Å². The lowest BCUT2D eigenvalue weighted by Gasteiger charge is -2.30. The van der Waals surface area contributed by atoms with Crippen molar-refractivity contribution >= 4 is 40.1 Å². The standard InChI is InChI=1S/C31H34FN5O4/c1-31(2,3)41-30(39)37-27-18-21(33-26-10-6-5-9-25(26)32)13-16-24(27)28(35-37)34-29(38)20-11-14-22(15-12-20)40-23-8-7-17-36(4)19-23/h5-6,9-16,18,23,33H,7-8,17,19H2,1-4H3,(H,34,35,38). The van der Waals surface area contributed by atoms with Crippen LogP contribution in [0.2, 0.25) is 0 Å². The van der Waals surface area contributed by atoms with Gasteiger partial charge in [0.25, 0.3) is 5.91 Å². The number of ether oxygens (including phenoxy) is 2. The van der Waals surface area contributed by atoms with Crippen molar-refractivity contribution in [2.24, 2.45) is 0 Å². The highest BCUT2D eigenvalue weighted by Gasteiger charge is 2.24. The number of amides is 1. The van der Waals surface area contributed by atoms with E-state index in [1.165, 1.54) is 6.07 Å². The number of halogens is 1. The molecule has 1 aromatic heterocycles. The second-order valence-electron chi connectivity index (χ2n) is 11.2. The topological polar surface area (TPSA) is 97.7 Å². The first-order valence-electron chi connectivity index (χ1n) is 13.6. The summed E-state index contributed by atoms with van der Waals surface area (Å²) in [5.74, 6) is 0.0946. The van der Waals surface area contributed by atoms with E-state index in [0.717, 1.165) is 30.6 Å². The van der Waals surface area contributed by atoms with Crippen LogP contribution in [-0.2, 0) is 4.74 Å². The summed E-state index contributed by atoms with van der Waals surface area (Å²) in [5, 5.41) is 10.7. The molecule has 1 unspecified atom stereocenters. The molecule has 0 saturated carbocycles. The predicted molar refractivity (Wildman–Crippen MR) is 157 cm³/mol. The van der Waals surface area contributed by atoms with Gasteiger partial charge < -0.3 is 25.0 Å². The number of para-hydroxylation sites is 1. The van der Waals surface area contributed by atoms with Gasteiger partial charge in [0.15, 0.2) is 5.82 Å². The zero-order valence-corrected chi connectivity index (χ0v) is 23.6. The Kier molecular flexibility index (Phi) is 7.94. The third kappa shape index (κ3) is 6.83. The van der Waals surface area contributed by atoms with Crippen LogP contribution in [0.5, 0.6) is 5.75 Å².